The maximum absolute atomic E-state index is 14.4. The van der Waals surface area contributed by atoms with Crippen molar-refractivity contribution in [2.24, 2.45) is 0 Å². The van der Waals surface area contributed by atoms with Crippen LogP contribution in [0.15, 0.2) is 65.6 Å². The van der Waals surface area contributed by atoms with Gasteiger partial charge in [0.25, 0.3) is 5.91 Å². The minimum atomic E-state index is -0.449. The first kappa shape index (κ1) is 22.0. The number of hydrogen-bond donors (Lipinski definition) is 0. The van der Waals surface area contributed by atoms with Crippen molar-refractivity contribution >= 4 is 29.6 Å². The normalized spacial score (nSPS) is 13.8. The Balaban J connectivity index is 1.56. The maximum atomic E-state index is 14.4. The zero-order valence-corrected chi connectivity index (χ0v) is 18.4. The number of halogens is 2. The molecule has 0 atom stereocenters. The van der Waals surface area contributed by atoms with E-state index in [1.54, 1.807) is 29.2 Å². The molecule has 0 unspecified atom stereocenters. The Morgan fingerprint density at radius 1 is 0.969 bits per heavy atom. The monoisotopic (exact) mass is 452 g/mol. The smallest absolute Gasteiger partial charge is 0.254 e. The molecule has 1 heterocycles. The van der Waals surface area contributed by atoms with E-state index in [1.807, 2.05) is 29.4 Å². The number of aldehydes is 1. The summed E-state index contributed by atoms with van der Waals surface area (Å²) in [5, 5.41) is 0. The number of hydrogen-bond acceptors (Lipinski definition) is 4. The highest BCUT2D eigenvalue weighted by molar-refractivity contribution is 7.98. The first-order valence-corrected chi connectivity index (χ1v) is 11.5. The third-order valence-corrected chi connectivity index (χ3v) is 6.33. The highest BCUT2D eigenvalue weighted by atomic mass is 32.2. The quantitative estimate of drug-likeness (QED) is 0.398. The fourth-order valence-electron chi connectivity index (χ4n) is 3.91. The van der Waals surface area contributed by atoms with Crippen molar-refractivity contribution in [2.45, 2.75) is 4.90 Å². The maximum Gasteiger partial charge on any atom is 0.254 e. The van der Waals surface area contributed by atoms with E-state index < -0.39 is 5.82 Å². The molecule has 0 saturated carbocycles. The lowest BCUT2D eigenvalue weighted by atomic mass is 9.98. The van der Waals surface area contributed by atoms with E-state index in [4.69, 9.17) is 0 Å². The zero-order valence-electron chi connectivity index (χ0n) is 17.6. The van der Waals surface area contributed by atoms with E-state index >= 15 is 0 Å². The highest BCUT2D eigenvalue weighted by Crippen LogP contribution is 2.30. The van der Waals surface area contributed by atoms with E-state index in [-0.39, 0.29) is 11.7 Å². The number of carbonyl (C=O) groups excluding carboxylic acids is 2. The molecule has 0 N–H and O–H groups in total. The Hall–Kier alpha value is -3.19. The highest BCUT2D eigenvalue weighted by Gasteiger charge is 2.26. The standard InChI is InChI=1S/C25H22F2N2O2S/c1-32-20-6-7-21(18-3-2-4-19(26)14-18)22(15-20)25(31)29-11-9-28(10-12-29)24-8-5-17(16-30)13-23(24)27/h2-8,13-16H,9-12H2,1H3. The van der Waals surface area contributed by atoms with Gasteiger partial charge >= 0.3 is 0 Å². The summed E-state index contributed by atoms with van der Waals surface area (Å²) in [6.45, 7) is 1.81. The number of piperazine rings is 1. The topological polar surface area (TPSA) is 40.6 Å². The lowest BCUT2D eigenvalue weighted by molar-refractivity contribution is 0.0747. The second-order valence-electron chi connectivity index (χ2n) is 7.53. The first-order chi connectivity index (χ1) is 15.5. The van der Waals surface area contributed by atoms with Gasteiger partial charge in [-0.1, -0.05) is 18.2 Å². The zero-order chi connectivity index (χ0) is 22.7. The van der Waals surface area contributed by atoms with Crippen LogP contribution in [0.3, 0.4) is 0 Å². The number of benzene rings is 3. The molecule has 1 amide bonds. The van der Waals surface area contributed by atoms with Crippen LogP contribution in [0.1, 0.15) is 20.7 Å². The summed E-state index contributed by atoms with van der Waals surface area (Å²) in [5.41, 5.74) is 2.57. The third-order valence-electron chi connectivity index (χ3n) is 5.61. The Kier molecular flexibility index (Phi) is 6.55. The van der Waals surface area contributed by atoms with Gasteiger partial charge in [0.05, 0.1) is 5.69 Å². The van der Waals surface area contributed by atoms with Gasteiger partial charge in [-0.25, -0.2) is 8.78 Å². The van der Waals surface area contributed by atoms with Crippen molar-refractivity contribution in [2.75, 3.05) is 37.3 Å². The molecule has 0 spiro atoms. The molecule has 0 radical (unpaired) electrons. The number of thioether (sulfide) groups is 1. The van der Waals surface area contributed by atoms with E-state index in [0.29, 0.717) is 60.4 Å². The third kappa shape index (κ3) is 4.53. The molecule has 3 aromatic rings. The molecule has 0 aliphatic carbocycles. The van der Waals surface area contributed by atoms with Crippen LogP contribution in [0.5, 0.6) is 0 Å². The average Bonchev–Trinajstić information content (AvgIpc) is 2.83. The molecule has 164 valence electrons. The van der Waals surface area contributed by atoms with Crippen LogP contribution in [0.2, 0.25) is 0 Å². The number of amides is 1. The molecule has 1 fully saturated rings. The predicted molar refractivity (Wildman–Crippen MR) is 124 cm³/mol. The van der Waals surface area contributed by atoms with Gasteiger partial charge in [-0.05, 0) is 59.8 Å². The van der Waals surface area contributed by atoms with Crippen LogP contribution in [-0.2, 0) is 0 Å². The molecule has 7 heteroatoms. The van der Waals surface area contributed by atoms with Crippen molar-refractivity contribution in [3.05, 3.63) is 83.4 Å². The number of carbonyl (C=O) groups is 2. The van der Waals surface area contributed by atoms with Crippen molar-refractivity contribution in [3.63, 3.8) is 0 Å². The predicted octanol–water partition coefficient (Wildman–Crippen LogP) is 5.13. The number of anilines is 1. The Labute approximate surface area is 189 Å². The summed E-state index contributed by atoms with van der Waals surface area (Å²) in [6, 6.07) is 16.2. The Morgan fingerprint density at radius 3 is 2.41 bits per heavy atom. The second kappa shape index (κ2) is 9.53. The van der Waals surface area contributed by atoms with E-state index in [0.717, 1.165) is 4.90 Å². The van der Waals surface area contributed by atoms with Crippen LogP contribution < -0.4 is 4.90 Å². The van der Waals surface area contributed by atoms with Gasteiger partial charge < -0.3 is 9.80 Å². The molecule has 0 aromatic heterocycles. The second-order valence-corrected chi connectivity index (χ2v) is 8.41. The molecular weight excluding hydrogens is 430 g/mol. The van der Waals surface area contributed by atoms with Gasteiger partial charge in [-0.15, -0.1) is 11.8 Å². The van der Waals surface area contributed by atoms with E-state index in [9.17, 15) is 18.4 Å². The van der Waals surface area contributed by atoms with Crippen LogP contribution in [0, 0.1) is 11.6 Å². The van der Waals surface area contributed by atoms with Crippen molar-refractivity contribution in [1.29, 1.82) is 0 Å². The summed E-state index contributed by atoms with van der Waals surface area (Å²) in [6.07, 6.45) is 2.55. The van der Waals surface area contributed by atoms with Gasteiger partial charge in [0.1, 0.15) is 17.9 Å². The van der Waals surface area contributed by atoms with Crippen LogP contribution in [0.4, 0.5) is 14.5 Å². The summed E-state index contributed by atoms with van der Waals surface area (Å²) in [4.78, 5) is 28.8. The SMILES string of the molecule is CSc1ccc(-c2cccc(F)c2)c(C(=O)N2CCN(c3ccc(C=O)cc3F)CC2)c1. The molecular formula is C25H22F2N2O2S. The fraction of sp³-hybridized carbons (Fsp3) is 0.200. The minimum absolute atomic E-state index is 0.128. The van der Waals surface area contributed by atoms with E-state index in [1.165, 1.54) is 30.0 Å². The Morgan fingerprint density at radius 2 is 1.75 bits per heavy atom. The summed E-state index contributed by atoms with van der Waals surface area (Å²) >= 11 is 1.54. The van der Waals surface area contributed by atoms with Crippen LogP contribution in [0.25, 0.3) is 11.1 Å². The van der Waals surface area contributed by atoms with Gasteiger partial charge in [0.15, 0.2) is 0 Å². The van der Waals surface area contributed by atoms with Crippen molar-refractivity contribution < 1.29 is 18.4 Å². The van der Waals surface area contributed by atoms with Crippen LogP contribution in [-0.4, -0.2) is 49.5 Å². The summed E-state index contributed by atoms with van der Waals surface area (Å²) in [7, 11) is 0. The molecule has 4 rings (SSSR count). The Bertz CT molecular complexity index is 1160. The molecule has 3 aromatic carbocycles. The summed E-state index contributed by atoms with van der Waals surface area (Å²) < 4.78 is 28.2. The number of nitrogens with zero attached hydrogens (tertiary/aromatic N) is 2. The molecule has 1 aliphatic heterocycles. The largest absolute Gasteiger partial charge is 0.366 e. The molecule has 1 saturated heterocycles. The lowest BCUT2D eigenvalue weighted by Gasteiger charge is -2.36. The fourth-order valence-corrected chi connectivity index (χ4v) is 4.35. The van der Waals surface area contributed by atoms with Crippen LogP contribution >= 0.6 is 11.8 Å². The molecule has 32 heavy (non-hydrogen) atoms. The first-order valence-electron chi connectivity index (χ1n) is 10.2. The van der Waals surface area contributed by atoms with Gasteiger partial charge in [0.2, 0.25) is 0 Å². The lowest BCUT2D eigenvalue weighted by Crippen LogP contribution is -2.49. The summed E-state index contributed by atoms with van der Waals surface area (Å²) in [5.74, 6) is -0.932. The average molecular weight is 453 g/mol. The van der Waals surface area contributed by atoms with Gasteiger partial charge in [-0.3, -0.25) is 9.59 Å². The van der Waals surface area contributed by atoms with E-state index in [2.05, 4.69) is 0 Å². The van der Waals surface area contributed by atoms with Gasteiger partial charge in [-0.2, -0.15) is 0 Å². The molecule has 4 nitrogen and oxygen atoms in total. The van der Waals surface area contributed by atoms with Gasteiger partial charge in [0, 0.05) is 42.2 Å². The molecule has 0 bridgehead atoms. The van der Waals surface area contributed by atoms with Crippen molar-refractivity contribution in [1.82, 2.24) is 4.90 Å². The van der Waals surface area contributed by atoms with Crippen molar-refractivity contribution in [3.8, 4) is 11.1 Å². The number of rotatable bonds is 5. The minimum Gasteiger partial charge on any atom is -0.366 e. The molecule has 1 aliphatic rings.